The Labute approximate surface area is 155 Å². The molecule has 0 aliphatic carbocycles. The molecule has 144 valence electrons. The SMILES string of the molecule is CCOC(=O)N1CCN(C(=O)CCc2nnc(-c3ccc(F)cc3)o2)CC1. The molecular formula is C18H21FN4O4. The molecule has 0 N–H and O–H groups in total. The molecule has 1 saturated heterocycles. The Balaban J connectivity index is 1.47. The van der Waals surface area contributed by atoms with Gasteiger partial charge >= 0.3 is 6.09 Å². The molecule has 27 heavy (non-hydrogen) atoms. The minimum Gasteiger partial charge on any atom is -0.450 e. The topological polar surface area (TPSA) is 88.8 Å². The molecule has 0 radical (unpaired) electrons. The smallest absolute Gasteiger partial charge is 0.409 e. The van der Waals surface area contributed by atoms with Crippen LogP contribution in [0.2, 0.25) is 0 Å². The van der Waals surface area contributed by atoms with Crippen LogP contribution < -0.4 is 0 Å². The van der Waals surface area contributed by atoms with Gasteiger partial charge in [0.2, 0.25) is 17.7 Å². The van der Waals surface area contributed by atoms with E-state index < -0.39 is 0 Å². The molecule has 1 aromatic carbocycles. The second-order valence-corrected chi connectivity index (χ2v) is 6.07. The van der Waals surface area contributed by atoms with Crippen molar-refractivity contribution in [1.29, 1.82) is 0 Å². The van der Waals surface area contributed by atoms with Gasteiger partial charge in [-0.05, 0) is 31.2 Å². The van der Waals surface area contributed by atoms with Crippen molar-refractivity contribution >= 4 is 12.0 Å². The summed E-state index contributed by atoms with van der Waals surface area (Å²) in [7, 11) is 0. The van der Waals surface area contributed by atoms with Crippen LogP contribution in [0.5, 0.6) is 0 Å². The van der Waals surface area contributed by atoms with Gasteiger partial charge in [0.25, 0.3) is 0 Å². The van der Waals surface area contributed by atoms with Crippen LogP contribution in [-0.2, 0) is 16.0 Å². The number of hydrogen-bond acceptors (Lipinski definition) is 6. The Morgan fingerprint density at radius 1 is 1.11 bits per heavy atom. The minimum absolute atomic E-state index is 0.0277. The van der Waals surface area contributed by atoms with Crippen LogP contribution in [0.4, 0.5) is 9.18 Å². The number of ether oxygens (including phenoxy) is 1. The number of carbonyl (C=O) groups is 2. The summed E-state index contributed by atoms with van der Waals surface area (Å²) in [5, 5.41) is 7.87. The number of nitrogens with zero attached hydrogens (tertiary/aromatic N) is 4. The van der Waals surface area contributed by atoms with E-state index in [9.17, 15) is 14.0 Å². The van der Waals surface area contributed by atoms with Gasteiger partial charge in [0, 0.05) is 44.6 Å². The number of piperazine rings is 1. The predicted molar refractivity (Wildman–Crippen MR) is 93.2 cm³/mol. The molecule has 1 aromatic heterocycles. The van der Waals surface area contributed by atoms with Gasteiger partial charge in [0.15, 0.2) is 0 Å². The number of amides is 2. The number of hydrogen-bond donors (Lipinski definition) is 0. The molecule has 3 rings (SSSR count). The summed E-state index contributed by atoms with van der Waals surface area (Å²) in [5.74, 6) is 0.278. The van der Waals surface area contributed by atoms with E-state index in [4.69, 9.17) is 9.15 Å². The van der Waals surface area contributed by atoms with Gasteiger partial charge in [-0.3, -0.25) is 4.79 Å². The Morgan fingerprint density at radius 2 is 1.78 bits per heavy atom. The first-order valence-corrected chi connectivity index (χ1v) is 8.84. The van der Waals surface area contributed by atoms with Gasteiger partial charge < -0.3 is 19.0 Å². The number of benzene rings is 1. The zero-order chi connectivity index (χ0) is 19.2. The molecule has 2 heterocycles. The second kappa shape index (κ2) is 8.61. The summed E-state index contributed by atoms with van der Waals surface area (Å²) in [6, 6.07) is 5.75. The fraction of sp³-hybridized carbons (Fsp3) is 0.444. The quantitative estimate of drug-likeness (QED) is 0.794. The summed E-state index contributed by atoms with van der Waals surface area (Å²) in [6.45, 7) is 3.96. The third kappa shape index (κ3) is 4.81. The first kappa shape index (κ1) is 18.8. The Bertz CT molecular complexity index is 785. The van der Waals surface area contributed by atoms with Gasteiger partial charge in [-0.2, -0.15) is 0 Å². The van der Waals surface area contributed by atoms with Crippen LogP contribution in [0.3, 0.4) is 0 Å². The summed E-state index contributed by atoms with van der Waals surface area (Å²) < 4.78 is 23.5. The Morgan fingerprint density at radius 3 is 2.44 bits per heavy atom. The van der Waals surface area contributed by atoms with Crippen molar-refractivity contribution in [2.24, 2.45) is 0 Å². The summed E-state index contributed by atoms with van der Waals surface area (Å²) >= 11 is 0. The minimum atomic E-state index is -0.344. The van der Waals surface area contributed by atoms with E-state index in [1.807, 2.05) is 0 Å². The van der Waals surface area contributed by atoms with E-state index >= 15 is 0 Å². The lowest BCUT2D eigenvalue weighted by atomic mass is 10.2. The molecule has 0 unspecified atom stereocenters. The van der Waals surface area contributed by atoms with E-state index in [1.54, 1.807) is 28.9 Å². The Kier molecular flexibility index (Phi) is 6.00. The number of aromatic nitrogens is 2. The molecule has 1 aliphatic heterocycles. The highest BCUT2D eigenvalue weighted by Gasteiger charge is 2.25. The van der Waals surface area contributed by atoms with Crippen molar-refractivity contribution in [3.8, 4) is 11.5 Å². The lowest BCUT2D eigenvalue weighted by molar-refractivity contribution is -0.132. The van der Waals surface area contributed by atoms with E-state index in [2.05, 4.69) is 10.2 Å². The van der Waals surface area contributed by atoms with Crippen LogP contribution >= 0.6 is 0 Å². The fourth-order valence-electron chi connectivity index (χ4n) is 2.79. The predicted octanol–water partition coefficient (Wildman–Crippen LogP) is 2.11. The largest absolute Gasteiger partial charge is 0.450 e. The molecule has 8 nitrogen and oxygen atoms in total. The molecule has 9 heteroatoms. The third-order valence-corrected chi connectivity index (χ3v) is 4.27. The van der Waals surface area contributed by atoms with Crippen molar-refractivity contribution in [1.82, 2.24) is 20.0 Å². The highest BCUT2D eigenvalue weighted by atomic mass is 19.1. The first-order chi connectivity index (χ1) is 13.1. The normalized spacial score (nSPS) is 14.3. The van der Waals surface area contributed by atoms with Crippen LogP contribution in [0.15, 0.2) is 28.7 Å². The highest BCUT2D eigenvalue weighted by molar-refractivity contribution is 5.77. The van der Waals surface area contributed by atoms with Crippen LogP contribution in [0.1, 0.15) is 19.2 Å². The highest BCUT2D eigenvalue weighted by Crippen LogP contribution is 2.18. The van der Waals surface area contributed by atoms with Gasteiger partial charge in [-0.15, -0.1) is 10.2 Å². The molecule has 1 aliphatic rings. The van der Waals surface area contributed by atoms with Crippen molar-refractivity contribution in [3.63, 3.8) is 0 Å². The monoisotopic (exact) mass is 376 g/mol. The fourth-order valence-corrected chi connectivity index (χ4v) is 2.79. The van der Waals surface area contributed by atoms with Crippen LogP contribution in [-0.4, -0.2) is 64.8 Å². The van der Waals surface area contributed by atoms with Gasteiger partial charge in [-0.25, -0.2) is 9.18 Å². The first-order valence-electron chi connectivity index (χ1n) is 8.84. The number of halogens is 1. The van der Waals surface area contributed by atoms with Crippen molar-refractivity contribution < 1.29 is 23.1 Å². The molecule has 2 aromatic rings. The lowest BCUT2D eigenvalue weighted by Crippen LogP contribution is -2.50. The number of carbonyl (C=O) groups excluding carboxylic acids is 2. The summed E-state index contributed by atoms with van der Waals surface area (Å²) in [5.41, 5.74) is 0.622. The van der Waals surface area contributed by atoms with Gasteiger partial charge in [0.05, 0.1) is 6.61 Å². The molecule has 0 spiro atoms. The molecule has 0 saturated carbocycles. The van der Waals surface area contributed by atoms with Gasteiger partial charge in [0.1, 0.15) is 5.82 Å². The molecular weight excluding hydrogens is 355 g/mol. The van der Waals surface area contributed by atoms with E-state index in [0.29, 0.717) is 56.6 Å². The maximum atomic E-state index is 13.0. The maximum Gasteiger partial charge on any atom is 0.409 e. The zero-order valence-electron chi connectivity index (χ0n) is 15.1. The number of rotatable bonds is 5. The second-order valence-electron chi connectivity index (χ2n) is 6.07. The summed E-state index contributed by atoms with van der Waals surface area (Å²) in [4.78, 5) is 27.3. The van der Waals surface area contributed by atoms with Gasteiger partial charge in [-0.1, -0.05) is 0 Å². The van der Waals surface area contributed by atoms with Crippen molar-refractivity contribution in [3.05, 3.63) is 36.0 Å². The van der Waals surface area contributed by atoms with E-state index in [0.717, 1.165) is 0 Å². The van der Waals surface area contributed by atoms with Crippen molar-refractivity contribution in [2.45, 2.75) is 19.8 Å². The standard InChI is InChI=1S/C18H21FN4O4/c1-2-26-18(25)23-11-9-22(10-12-23)16(24)8-7-15-20-21-17(27-15)13-3-5-14(19)6-4-13/h3-6H,2,7-12H2,1H3. The van der Waals surface area contributed by atoms with E-state index in [1.165, 1.54) is 12.1 Å². The van der Waals surface area contributed by atoms with E-state index in [-0.39, 0.29) is 24.2 Å². The third-order valence-electron chi connectivity index (χ3n) is 4.27. The molecule has 2 amide bonds. The average molecular weight is 376 g/mol. The molecule has 1 fully saturated rings. The van der Waals surface area contributed by atoms with Crippen LogP contribution in [0.25, 0.3) is 11.5 Å². The summed E-state index contributed by atoms with van der Waals surface area (Å²) in [6.07, 6.45) is 0.221. The van der Waals surface area contributed by atoms with Crippen LogP contribution in [0, 0.1) is 5.82 Å². The maximum absolute atomic E-state index is 13.0. The lowest BCUT2D eigenvalue weighted by Gasteiger charge is -2.34. The molecule has 0 bridgehead atoms. The Hall–Kier alpha value is -2.97. The number of aryl methyl sites for hydroxylation is 1. The molecule has 0 atom stereocenters. The average Bonchev–Trinajstić information content (AvgIpc) is 3.16. The van der Waals surface area contributed by atoms with Crippen molar-refractivity contribution in [2.75, 3.05) is 32.8 Å². The zero-order valence-corrected chi connectivity index (χ0v) is 15.1.